The van der Waals surface area contributed by atoms with Gasteiger partial charge in [0.15, 0.2) is 0 Å². The van der Waals surface area contributed by atoms with Crippen LogP contribution in [0.1, 0.15) is 26.2 Å². The molecule has 1 amide bonds. The van der Waals surface area contributed by atoms with Gasteiger partial charge in [0.2, 0.25) is 0 Å². The molecule has 1 N–H and O–H groups in total. The number of carbonyl (C=O) groups excluding carboxylic acids is 1. The zero-order valence-electron chi connectivity index (χ0n) is 9.37. The molecule has 2 fully saturated rings. The smallest absolute Gasteiger partial charge is 0.253 e. The van der Waals surface area contributed by atoms with Crippen molar-refractivity contribution in [3.63, 3.8) is 0 Å². The molecule has 15 heavy (non-hydrogen) atoms. The van der Waals surface area contributed by atoms with Crippen LogP contribution in [0.25, 0.3) is 0 Å². The van der Waals surface area contributed by atoms with Crippen LogP contribution < -0.4 is 5.32 Å². The maximum absolute atomic E-state index is 12.1. The molecule has 1 unspecified atom stereocenters. The lowest BCUT2D eigenvalue weighted by Gasteiger charge is -2.30. The highest BCUT2D eigenvalue weighted by molar-refractivity contribution is 5.81. The fourth-order valence-corrected chi connectivity index (χ4v) is 2.46. The molecule has 2 rings (SSSR count). The van der Waals surface area contributed by atoms with E-state index in [-0.39, 0.29) is 12.0 Å². The summed E-state index contributed by atoms with van der Waals surface area (Å²) in [7, 11) is 0. The Morgan fingerprint density at radius 3 is 3.13 bits per heavy atom. The summed E-state index contributed by atoms with van der Waals surface area (Å²) in [4.78, 5) is 14.1. The Labute approximate surface area is 91.0 Å². The van der Waals surface area contributed by atoms with Gasteiger partial charge in [-0.3, -0.25) is 4.79 Å². The predicted molar refractivity (Wildman–Crippen MR) is 57.6 cm³/mol. The molecule has 0 saturated carbocycles. The number of hydrogen-bond acceptors (Lipinski definition) is 3. The third kappa shape index (κ3) is 2.32. The molecule has 0 bridgehead atoms. The lowest BCUT2D eigenvalue weighted by molar-refractivity contribution is -0.146. The van der Waals surface area contributed by atoms with Gasteiger partial charge in [0, 0.05) is 25.7 Å². The zero-order chi connectivity index (χ0) is 10.7. The van der Waals surface area contributed by atoms with Crippen LogP contribution in [0.4, 0.5) is 0 Å². The minimum Gasteiger partial charge on any atom is -0.366 e. The summed E-state index contributed by atoms with van der Waals surface area (Å²) in [6.45, 7) is 5.25. The Hall–Kier alpha value is -0.610. The van der Waals surface area contributed by atoms with Gasteiger partial charge in [-0.25, -0.2) is 0 Å². The molecular formula is C11H20N2O2. The van der Waals surface area contributed by atoms with E-state index >= 15 is 0 Å². The molecule has 2 atom stereocenters. The second-order valence-corrected chi connectivity index (χ2v) is 4.30. The molecule has 2 heterocycles. The normalized spacial score (nSPS) is 31.9. The summed E-state index contributed by atoms with van der Waals surface area (Å²) in [5.74, 6) is 0.187. The predicted octanol–water partition coefficient (Wildman–Crippen LogP) is 0.376. The number of amides is 1. The van der Waals surface area contributed by atoms with Crippen molar-refractivity contribution in [1.29, 1.82) is 0 Å². The van der Waals surface area contributed by atoms with E-state index in [1.54, 1.807) is 0 Å². The van der Waals surface area contributed by atoms with Gasteiger partial charge >= 0.3 is 0 Å². The van der Waals surface area contributed by atoms with Gasteiger partial charge in [-0.15, -0.1) is 0 Å². The Morgan fingerprint density at radius 1 is 1.60 bits per heavy atom. The Bertz CT molecular complexity index is 227. The molecule has 0 aromatic carbocycles. The van der Waals surface area contributed by atoms with Crippen LogP contribution in [0.5, 0.6) is 0 Å². The third-order valence-electron chi connectivity index (χ3n) is 3.33. The summed E-state index contributed by atoms with van der Waals surface area (Å²) in [5, 5.41) is 3.20. The van der Waals surface area contributed by atoms with Crippen LogP contribution in [0, 0.1) is 0 Å². The minimum absolute atomic E-state index is 0.187. The summed E-state index contributed by atoms with van der Waals surface area (Å²) in [6, 6.07) is 0.447. The van der Waals surface area contributed by atoms with Gasteiger partial charge < -0.3 is 15.0 Å². The molecule has 0 aliphatic carbocycles. The largest absolute Gasteiger partial charge is 0.366 e. The topological polar surface area (TPSA) is 41.6 Å². The van der Waals surface area contributed by atoms with Crippen molar-refractivity contribution < 1.29 is 9.53 Å². The van der Waals surface area contributed by atoms with Gasteiger partial charge in [-0.2, -0.15) is 0 Å². The molecule has 0 aromatic heterocycles. The number of ether oxygens (including phenoxy) is 1. The van der Waals surface area contributed by atoms with Crippen molar-refractivity contribution >= 4 is 5.91 Å². The van der Waals surface area contributed by atoms with Gasteiger partial charge in [-0.1, -0.05) is 6.92 Å². The number of morpholine rings is 1. The first kappa shape index (κ1) is 10.9. The summed E-state index contributed by atoms with van der Waals surface area (Å²) in [5.41, 5.74) is 0. The summed E-state index contributed by atoms with van der Waals surface area (Å²) >= 11 is 0. The van der Waals surface area contributed by atoms with Crippen molar-refractivity contribution in [3.05, 3.63) is 0 Å². The number of nitrogens with one attached hydrogen (secondary N) is 1. The first-order valence-electron chi connectivity index (χ1n) is 5.95. The third-order valence-corrected chi connectivity index (χ3v) is 3.33. The van der Waals surface area contributed by atoms with E-state index in [1.807, 2.05) is 4.90 Å². The van der Waals surface area contributed by atoms with Crippen molar-refractivity contribution in [2.24, 2.45) is 0 Å². The molecule has 4 nitrogen and oxygen atoms in total. The Balaban J connectivity index is 1.93. The van der Waals surface area contributed by atoms with E-state index in [4.69, 9.17) is 4.74 Å². The molecule has 2 aliphatic heterocycles. The number of rotatable bonds is 2. The lowest BCUT2D eigenvalue weighted by Crippen LogP contribution is -2.50. The fourth-order valence-electron chi connectivity index (χ4n) is 2.46. The highest BCUT2D eigenvalue weighted by Crippen LogP contribution is 2.21. The van der Waals surface area contributed by atoms with Crippen LogP contribution in [0.3, 0.4) is 0 Å². The van der Waals surface area contributed by atoms with E-state index in [0.717, 1.165) is 32.4 Å². The maximum Gasteiger partial charge on any atom is 0.253 e. The van der Waals surface area contributed by atoms with Gasteiger partial charge in [-0.05, 0) is 19.3 Å². The number of likely N-dealkylation sites (tertiary alicyclic amines) is 1. The molecule has 2 saturated heterocycles. The van der Waals surface area contributed by atoms with Crippen LogP contribution in [0.2, 0.25) is 0 Å². The fraction of sp³-hybridized carbons (Fsp3) is 0.909. The Kier molecular flexibility index (Phi) is 3.59. The highest BCUT2D eigenvalue weighted by atomic mass is 16.5. The number of nitrogens with zero attached hydrogens (tertiary/aromatic N) is 1. The van der Waals surface area contributed by atoms with E-state index in [0.29, 0.717) is 19.2 Å². The summed E-state index contributed by atoms with van der Waals surface area (Å²) in [6.07, 6.45) is 3.12. The number of carbonyl (C=O) groups is 1. The van der Waals surface area contributed by atoms with Crippen LogP contribution in [-0.2, 0) is 9.53 Å². The van der Waals surface area contributed by atoms with E-state index < -0.39 is 0 Å². The second kappa shape index (κ2) is 4.94. The van der Waals surface area contributed by atoms with Crippen LogP contribution in [0.15, 0.2) is 0 Å². The SMILES string of the molecule is CCC1CCCN1C(=O)[C@@H]1CNCCO1. The molecular weight excluding hydrogens is 192 g/mol. The highest BCUT2D eigenvalue weighted by Gasteiger charge is 2.33. The van der Waals surface area contributed by atoms with Crippen molar-refractivity contribution in [2.75, 3.05) is 26.2 Å². The lowest BCUT2D eigenvalue weighted by atomic mass is 10.1. The first-order valence-corrected chi connectivity index (χ1v) is 5.95. The van der Waals surface area contributed by atoms with E-state index in [9.17, 15) is 4.79 Å². The molecule has 86 valence electrons. The average Bonchev–Trinajstić information content (AvgIpc) is 2.77. The second-order valence-electron chi connectivity index (χ2n) is 4.30. The van der Waals surface area contributed by atoms with Crippen molar-refractivity contribution in [2.45, 2.75) is 38.3 Å². The average molecular weight is 212 g/mol. The monoisotopic (exact) mass is 212 g/mol. The van der Waals surface area contributed by atoms with Gasteiger partial charge in [0.1, 0.15) is 6.10 Å². The molecule has 0 aromatic rings. The standard InChI is InChI=1S/C11H20N2O2/c1-2-9-4-3-6-13(9)11(14)10-8-12-5-7-15-10/h9-10,12H,2-8H2,1H3/t9?,10-/m0/s1. The zero-order valence-corrected chi connectivity index (χ0v) is 9.37. The van der Waals surface area contributed by atoms with Crippen LogP contribution in [-0.4, -0.2) is 49.2 Å². The Morgan fingerprint density at radius 2 is 2.47 bits per heavy atom. The molecule has 0 radical (unpaired) electrons. The first-order chi connectivity index (χ1) is 7.33. The van der Waals surface area contributed by atoms with Crippen molar-refractivity contribution in [1.82, 2.24) is 10.2 Å². The molecule has 0 spiro atoms. The van der Waals surface area contributed by atoms with Crippen LogP contribution >= 0.6 is 0 Å². The van der Waals surface area contributed by atoms with Gasteiger partial charge in [0.25, 0.3) is 5.91 Å². The van der Waals surface area contributed by atoms with Crippen molar-refractivity contribution in [3.8, 4) is 0 Å². The van der Waals surface area contributed by atoms with Gasteiger partial charge in [0.05, 0.1) is 6.61 Å². The molecule has 2 aliphatic rings. The number of hydrogen-bond donors (Lipinski definition) is 1. The van der Waals surface area contributed by atoms with E-state index in [1.165, 1.54) is 0 Å². The summed E-state index contributed by atoms with van der Waals surface area (Å²) < 4.78 is 5.49. The molecule has 4 heteroatoms. The quantitative estimate of drug-likeness (QED) is 0.719. The minimum atomic E-state index is -0.245. The maximum atomic E-state index is 12.1. The van der Waals surface area contributed by atoms with E-state index in [2.05, 4.69) is 12.2 Å².